The minimum absolute atomic E-state index is 0.321. The van der Waals surface area contributed by atoms with Crippen molar-refractivity contribution in [1.82, 2.24) is 10.4 Å². The second-order valence-electron chi connectivity index (χ2n) is 5.32. The first-order valence-corrected chi connectivity index (χ1v) is 9.73. The van der Waals surface area contributed by atoms with Crippen molar-refractivity contribution in [2.24, 2.45) is 5.10 Å². The molecule has 128 valence electrons. The molecule has 1 aliphatic heterocycles. The molecule has 3 heterocycles. The van der Waals surface area contributed by atoms with Gasteiger partial charge in [-0.3, -0.25) is 0 Å². The molecule has 2 aromatic heterocycles. The molecule has 0 bridgehead atoms. The SMILES string of the molecule is CCOC(=O)N/N=C\c1sc(N2CCCCC2)nc1-c1cccs1. The molecule has 0 unspecified atom stereocenters. The first-order valence-electron chi connectivity index (χ1n) is 8.03. The van der Waals surface area contributed by atoms with Crippen LogP contribution in [0.15, 0.2) is 22.6 Å². The summed E-state index contributed by atoms with van der Waals surface area (Å²) in [5.41, 5.74) is 3.29. The molecule has 1 saturated heterocycles. The summed E-state index contributed by atoms with van der Waals surface area (Å²) in [7, 11) is 0. The lowest BCUT2D eigenvalue weighted by Gasteiger charge is -2.25. The number of nitrogens with zero attached hydrogens (tertiary/aromatic N) is 3. The van der Waals surface area contributed by atoms with Gasteiger partial charge in [0.05, 0.1) is 22.6 Å². The van der Waals surface area contributed by atoms with E-state index in [0.29, 0.717) is 6.61 Å². The van der Waals surface area contributed by atoms with Gasteiger partial charge in [-0.25, -0.2) is 15.2 Å². The molecule has 0 atom stereocenters. The Morgan fingerprint density at radius 3 is 3.00 bits per heavy atom. The van der Waals surface area contributed by atoms with E-state index >= 15 is 0 Å². The maximum absolute atomic E-state index is 11.3. The lowest BCUT2D eigenvalue weighted by molar-refractivity contribution is 0.152. The van der Waals surface area contributed by atoms with Crippen molar-refractivity contribution in [3.63, 3.8) is 0 Å². The normalized spacial score (nSPS) is 15.0. The van der Waals surface area contributed by atoms with Crippen molar-refractivity contribution >= 4 is 40.1 Å². The van der Waals surface area contributed by atoms with Gasteiger partial charge in [0.15, 0.2) is 5.13 Å². The third-order valence-corrected chi connectivity index (χ3v) is 5.56. The fourth-order valence-electron chi connectivity index (χ4n) is 2.52. The second-order valence-corrected chi connectivity index (χ2v) is 7.28. The third kappa shape index (κ3) is 4.12. The van der Waals surface area contributed by atoms with Gasteiger partial charge in [0.25, 0.3) is 0 Å². The summed E-state index contributed by atoms with van der Waals surface area (Å²) in [6.45, 7) is 4.18. The smallest absolute Gasteiger partial charge is 0.427 e. The van der Waals surface area contributed by atoms with E-state index < -0.39 is 6.09 Å². The molecule has 0 saturated carbocycles. The van der Waals surface area contributed by atoms with Gasteiger partial charge >= 0.3 is 6.09 Å². The molecular formula is C16H20N4O2S2. The van der Waals surface area contributed by atoms with E-state index in [2.05, 4.69) is 21.5 Å². The van der Waals surface area contributed by atoms with Crippen LogP contribution in [0.25, 0.3) is 10.6 Å². The summed E-state index contributed by atoms with van der Waals surface area (Å²) in [6.07, 6.45) is 4.81. The number of rotatable bonds is 5. The van der Waals surface area contributed by atoms with Crippen LogP contribution in [0.2, 0.25) is 0 Å². The van der Waals surface area contributed by atoms with Crippen LogP contribution in [0.4, 0.5) is 9.93 Å². The van der Waals surface area contributed by atoms with Crippen molar-refractivity contribution in [3.05, 3.63) is 22.4 Å². The number of nitrogens with one attached hydrogen (secondary N) is 1. The number of amides is 1. The first-order chi connectivity index (χ1) is 11.8. The van der Waals surface area contributed by atoms with Crippen LogP contribution < -0.4 is 10.3 Å². The zero-order chi connectivity index (χ0) is 16.8. The number of hydrogen-bond acceptors (Lipinski definition) is 7. The number of carbonyl (C=O) groups excluding carboxylic acids is 1. The average molecular weight is 364 g/mol. The van der Waals surface area contributed by atoms with Crippen LogP contribution in [0.1, 0.15) is 31.1 Å². The van der Waals surface area contributed by atoms with E-state index in [1.807, 2.05) is 11.4 Å². The van der Waals surface area contributed by atoms with Gasteiger partial charge in [-0.2, -0.15) is 5.10 Å². The Labute approximate surface area is 149 Å². The molecule has 3 rings (SSSR count). The molecule has 0 spiro atoms. The number of carbonyl (C=O) groups is 1. The van der Waals surface area contributed by atoms with E-state index in [0.717, 1.165) is 33.7 Å². The number of piperidine rings is 1. The number of thiazole rings is 1. The molecule has 2 aromatic rings. The van der Waals surface area contributed by atoms with Crippen molar-refractivity contribution in [1.29, 1.82) is 0 Å². The largest absolute Gasteiger partial charge is 0.449 e. The highest BCUT2D eigenvalue weighted by molar-refractivity contribution is 7.18. The lowest BCUT2D eigenvalue weighted by Crippen LogP contribution is -2.29. The van der Waals surface area contributed by atoms with E-state index in [1.165, 1.54) is 19.3 Å². The molecule has 0 radical (unpaired) electrons. The predicted molar refractivity (Wildman–Crippen MR) is 99.2 cm³/mol. The zero-order valence-electron chi connectivity index (χ0n) is 13.5. The van der Waals surface area contributed by atoms with Gasteiger partial charge < -0.3 is 9.64 Å². The zero-order valence-corrected chi connectivity index (χ0v) is 15.2. The number of thiophene rings is 1. The quantitative estimate of drug-likeness (QED) is 0.644. The minimum Gasteiger partial charge on any atom is -0.449 e. The number of ether oxygens (including phenoxy) is 1. The Kier molecular flexibility index (Phi) is 5.81. The van der Waals surface area contributed by atoms with Gasteiger partial charge in [-0.1, -0.05) is 17.4 Å². The Balaban J connectivity index is 1.81. The summed E-state index contributed by atoms with van der Waals surface area (Å²) in [5.74, 6) is 0. The van der Waals surface area contributed by atoms with E-state index in [-0.39, 0.29) is 0 Å². The van der Waals surface area contributed by atoms with Gasteiger partial charge in [0.2, 0.25) is 0 Å². The van der Waals surface area contributed by atoms with Crippen LogP contribution in [0.5, 0.6) is 0 Å². The highest BCUT2D eigenvalue weighted by atomic mass is 32.1. The maximum atomic E-state index is 11.3. The van der Waals surface area contributed by atoms with Crippen molar-refractivity contribution in [3.8, 4) is 10.6 Å². The monoisotopic (exact) mass is 364 g/mol. The van der Waals surface area contributed by atoms with Gasteiger partial charge in [-0.15, -0.1) is 11.3 Å². The van der Waals surface area contributed by atoms with Gasteiger partial charge in [0, 0.05) is 13.1 Å². The van der Waals surface area contributed by atoms with E-state index in [4.69, 9.17) is 9.72 Å². The Morgan fingerprint density at radius 1 is 1.46 bits per heavy atom. The molecule has 1 aliphatic rings. The number of hydrogen-bond donors (Lipinski definition) is 1. The molecule has 1 amide bonds. The summed E-state index contributed by atoms with van der Waals surface area (Å²) in [4.78, 5) is 20.5. The van der Waals surface area contributed by atoms with E-state index in [9.17, 15) is 4.79 Å². The third-order valence-electron chi connectivity index (χ3n) is 3.64. The Hall–Kier alpha value is -1.93. The van der Waals surface area contributed by atoms with Crippen molar-refractivity contribution < 1.29 is 9.53 Å². The molecule has 0 aliphatic carbocycles. The summed E-state index contributed by atoms with van der Waals surface area (Å²) in [5, 5.41) is 7.05. The summed E-state index contributed by atoms with van der Waals surface area (Å²) < 4.78 is 4.80. The molecule has 0 aromatic carbocycles. The standard InChI is InChI=1S/C16H20N4O2S2/c1-2-22-16(21)19-17-11-13-14(12-7-6-10-23-12)18-15(24-13)20-8-4-3-5-9-20/h6-7,10-11H,2-5,8-9H2,1H3,(H,19,21)/b17-11-. The molecule has 24 heavy (non-hydrogen) atoms. The fraction of sp³-hybridized carbons (Fsp3) is 0.438. The van der Waals surface area contributed by atoms with Gasteiger partial charge in [-0.05, 0) is 37.6 Å². The summed E-state index contributed by atoms with van der Waals surface area (Å²) in [6, 6.07) is 4.06. The number of hydrazone groups is 1. The topological polar surface area (TPSA) is 66.8 Å². The van der Waals surface area contributed by atoms with E-state index in [1.54, 1.807) is 35.8 Å². The van der Waals surface area contributed by atoms with Crippen LogP contribution in [-0.2, 0) is 4.74 Å². The van der Waals surface area contributed by atoms with Crippen molar-refractivity contribution in [2.45, 2.75) is 26.2 Å². The van der Waals surface area contributed by atoms with Crippen molar-refractivity contribution in [2.75, 3.05) is 24.6 Å². The number of anilines is 1. The molecular weight excluding hydrogens is 344 g/mol. The van der Waals surface area contributed by atoms with Crippen LogP contribution >= 0.6 is 22.7 Å². The van der Waals surface area contributed by atoms with Crippen LogP contribution in [0.3, 0.4) is 0 Å². The van der Waals surface area contributed by atoms with Crippen LogP contribution in [-0.4, -0.2) is 37.0 Å². The highest BCUT2D eigenvalue weighted by Crippen LogP contribution is 2.35. The fourth-order valence-corrected chi connectivity index (χ4v) is 4.32. The lowest BCUT2D eigenvalue weighted by atomic mass is 10.1. The molecule has 6 nitrogen and oxygen atoms in total. The predicted octanol–water partition coefficient (Wildman–Crippen LogP) is 3.94. The average Bonchev–Trinajstić information content (AvgIpc) is 3.25. The Bertz CT molecular complexity index is 691. The molecule has 1 fully saturated rings. The number of aromatic nitrogens is 1. The minimum atomic E-state index is -0.549. The van der Waals surface area contributed by atoms with Crippen LogP contribution in [0, 0.1) is 0 Å². The van der Waals surface area contributed by atoms with Gasteiger partial charge in [0.1, 0.15) is 5.69 Å². The summed E-state index contributed by atoms with van der Waals surface area (Å²) >= 11 is 3.26. The molecule has 8 heteroatoms. The first kappa shape index (κ1) is 16.9. The Morgan fingerprint density at radius 2 is 2.29 bits per heavy atom. The highest BCUT2D eigenvalue weighted by Gasteiger charge is 2.19. The second kappa shape index (κ2) is 8.25. The maximum Gasteiger partial charge on any atom is 0.427 e. The molecule has 1 N–H and O–H groups in total.